The number of amides is 3. The van der Waals surface area contributed by atoms with Crippen molar-refractivity contribution in [1.29, 1.82) is 0 Å². The number of piperidine rings is 1. The van der Waals surface area contributed by atoms with E-state index in [9.17, 15) is 14.4 Å². The highest BCUT2D eigenvalue weighted by Crippen LogP contribution is 2.31. The van der Waals surface area contributed by atoms with Gasteiger partial charge in [0.15, 0.2) is 6.10 Å². The molecule has 2 fully saturated rings. The first kappa shape index (κ1) is 20.3. The number of rotatable bonds is 4. The molecule has 2 aliphatic heterocycles. The van der Waals surface area contributed by atoms with Crippen LogP contribution in [-0.2, 0) is 19.1 Å². The number of nitrogens with zero attached hydrogens (tertiary/aromatic N) is 2. The predicted molar refractivity (Wildman–Crippen MR) is 104 cm³/mol. The van der Waals surface area contributed by atoms with Gasteiger partial charge in [-0.15, -0.1) is 0 Å². The maximum Gasteiger partial charge on any atom is 0.254 e. The first-order valence-electron chi connectivity index (χ1n) is 9.90. The molecule has 28 heavy (non-hydrogen) atoms. The minimum absolute atomic E-state index is 0.0588. The summed E-state index contributed by atoms with van der Waals surface area (Å²) in [6.45, 7) is 4.84. The Balaban J connectivity index is 1.69. The lowest BCUT2D eigenvalue weighted by atomic mass is 9.93. The second-order valence-corrected chi connectivity index (χ2v) is 7.85. The van der Waals surface area contributed by atoms with Crippen molar-refractivity contribution in [2.45, 2.75) is 44.9 Å². The van der Waals surface area contributed by atoms with Crippen LogP contribution < -0.4 is 5.32 Å². The highest BCUT2D eigenvalue weighted by molar-refractivity contribution is 5.87. The first-order valence-corrected chi connectivity index (χ1v) is 9.90. The number of hydrogen-bond acceptors (Lipinski definition) is 4. The van der Waals surface area contributed by atoms with Crippen molar-refractivity contribution >= 4 is 17.7 Å². The highest BCUT2D eigenvalue weighted by atomic mass is 16.5. The number of benzene rings is 1. The van der Waals surface area contributed by atoms with Gasteiger partial charge in [-0.25, -0.2) is 0 Å². The average molecular weight is 387 g/mol. The summed E-state index contributed by atoms with van der Waals surface area (Å²) in [6.07, 6.45) is 0.551. The van der Waals surface area contributed by atoms with E-state index in [1.165, 1.54) is 0 Å². The fourth-order valence-electron chi connectivity index (χ4n) is 3.91. The number of likely N-dealkylation sites (tertiary alicyclic amines) is 1. The molecule has 0 aromatic heterocycles. The van der Waals surface area contributed by atoms with Crippen molar-refractivity contribution in [3.05, 3.63) is 35.9 Å². The van der Waals surface area contributed by atoms with E-state index < -0.39 is 12.1 Å². The molecule has 0 bridgehead atoms. The van der Waals surface area contributed by atoms with Gasteiger partial charge in [-0.05, 0) is 32.3 Å². The fourth-order valence-corrected chi connectivity index (χ4v) is 3.91. The molecule has 7 heteroatoms. The van der Waals surface area contributed by atoms with Crippen molar-refractivity contribution in [1.82, 2.24) is 15.1 Å². The van der Waals surface area contributed by atoms with Crippen LogP contribution in [0.4, 0.5) is 0 Å². The Hall–Kier alpha value is -2.41. The van der Waals surface area contributed by atoms with Crippen LogP contribution in [0.15, 0.2) is 30.3 Å². The number of ether oxygens (including phenoxy) is 1. The third-order valence-corrected chi connectivity index (χ3v) is 5.48. The lowest BCUT2D eigenvalue weighted by molar-refractivity contribution is -0.168. The molecule has 1 N–H and O–H groups in total. The number of likely N-dealkylation sites (N-methyl/N-ethyl adjacent to an activating group) is 1. The van der Waals surface area contributed by atoms with Crippen LogP contribution in [0.3, 0.4) is 0 Å². The Morgan fingerprint density at radius 3 is 2.39 bits per heavy atom. The third kappa shape index (κ3) is 4.35. The maximum atomic E-state index is 13.2. The summed E-state index contributed by atoms with van der Waals surface area (Å²) in [5.74, 6) is -0.255. The first-order chi connectivity index (χ1) is 13.4. The lowest BCUT2D eigenvalue weighted by Crippen LogP contribution is -2.55. The van der Waals surface area contributed by atoms with Crippen molar-refractivity contribution in [2.75, 3.05) is 26.7 Å². The Morgan fingerprint density at radius 2 is 1.79 bits per heavy atom. The van der Waals surface area contributed by atoms with Gasteiger partial charge >= 0.3 is 0 Å². The van der Waals surface area contributed by atoms with E-state index in [0.717, 1.165) is 5.56 Å². The molecule has 2 aliphatic rings. The van der Waals surface area contributed by atoms with Gasteiger partial charge < -0.3 is 19.9 Å². The molecule has 1 aromatic carbocycles. The van der Waals surface area contributed by atoms with Gasteiger partial charge in [0.2, 0.25) is 11.8 Å². The summed E-state index contributed by atoms with van der Waals surface area (Å²) < 4.78 is 5.71. The average Bonchev–Trinajstić information content (AvgIpc) is 2.69. The molecular formula is C21H29N3O4. The Bertz CT molecular complexity index is 714. The molecule has 0 aliphatic carbocycles. The number of carbonyl (C=O) groups excluding carboxylic acids is 3. The van der Waals surface area contributed by atoms with Crippen molar-refractivity contribution in [2.24, 2.45) is 5.92 Å². The van der Waals surface area contributed by atoms with Gasteiger partial charge in [0.05, 0.1) is 6.04 Å². The largest absolute Gasteiger partial charge is 0.356 e. The van der Waals surface area contributed by atoms with Crippen LogP contribution >= 0.6 is 0 Å². The summed E-state index contributed by atoms with van der Waals surface area (Å²) in [4.78, 5) is 41.0. The lowest BCUT2D eigenvalue weighted by Gasteiger charge is -2.41. The second-order valence-electron chi connectivity index (χ2n) is 7.85. The van der Waals surface area contributed by atoms with E-state index in [4.69, 9.17) is 4.74 Å². The van der Waals surface area contributed by atoms with Crippen LogP contribution in [0.25, 0.3) is 0 Å². The normalized spacial score (nSPS) is 23.8. The van der Waals surface area contributed by atoms with E-state index in [-0.39, 0.29) is 36.3 Å². The zero-order chi connectivity index (χ0) is 20.3. The van der Waals surface area contributed by atoms with E-state index in [1.54, 1.807) is 16.8 Å². The summed E-state index contributed by atoms with van der Waals surface area (Å²) in [5.41, 5.74) is 0.877. The topological polar surface area (TPSA) is 79.0 Å². The van der Waals surface area contributed by atoms with E-state index in [2.05, 4.69) is 5.32 Å². The van der Waals surface area contributed by atoms with Crippen LogP contribution in [0.2, 0.25) is 0 Å². The molecule has 0 spiro atoms. The molecule has 152 valence electrons. The second kappa shape index (κ2) is 8.73. The minimum atomic E-state index is -0.730. The van der Waals surface area contributed by atoms with Gasteiger partial charge in [-0.3, -0.25) is 14.4 Å². The molecule has 2 saturated heterocycles. The standard InChI is InChI=1S/C21H29N3O4/c1-14(2)22-20(26)16-9-11-24(12-10-16)21(27)19-18(15-7-5-4-6-8-15)23(3)17(25)13-28-19/h4-8,14,16,18-19H,9-13H2,1-3H3,(H,22,26). The van der Waals surface area contributed by atoms with Crippen LogP contribution in [0.1, 0.15) is 38.3 Å². The van der Waals surface area contributed by atoms with E-state index >= 15 is 0 Å². The molecule has 1 aromatic rings. The Kier molecular flexibility index (Phi) is 6.34. The maximum absolute atomic E-state index is 13.2. The molecule has 3 rings (SSSR count). The van der Waals surface area contributed by atoms with Crippen molar-refractivity contribution in [3.63, 3.8) is 0 Å². The molecule has 0 radical (unpaired) electrons. The van der Waals surface area contributed by atoms with Gasteiger partial charge in [0.25, 0.3) is 5.91 Å². The smallest absolute Gasteiger partial charge is 0.254 e. The molecule has 2 heterocycles. The summed E-state index contributed by atoms with van der Waals surface area (Å²) in [6, 6.07) is 9.17. The molecule has 0 saturated carbocycles. The number of morpholine rings is 1. The summed E-state index contributed by atoms with van der Waals surface area (Å²) >= 11 is 0. The van der Waals surface area contributed by atoms with Crippen LogP contribution in [-0.4, -0.2) is 66.4 Å². The Labute approximate surface area is 166 Å². The molecule has 2 atom stereocenters. The molecule has 3 amide bonds. The molecule has 2 unspecified atom stereocenters. The SMILES string of the molecule is CC(C)NC(=O)C1CCN(C(=O)C2OCC(=O)N(C)C2c2ccccc2)CC1. The van der Waals surface area contributed by atoms with Gasteiger partial charge in [-0.1, -0.05) is 30.3 Å². The Morgan fingerprint density at radius 1 is 1.14 bits per heavy atom. The van der Waals surface area contributed by atoms with Crippen molar-refractivity contribution in [3.8, 4) is 0 Å². The summed E-state index contributed by atoms with van der Waals surface area (Å²) in [7, 11) is 1.71. The van der Waals surface area contributed by atoms with Crippen LogP contribution in [0.5, 0.6) is 0 Å². The van der Waals surface area contributed by atoms with Crippen molar-refractivity contribution < 1.29 is 19.1 Å². The third-order valence-electron chi connectivity index (χ3n) is 5.48. The van der Waals surface area contributed by atoms with Gasteiger partial charge in [0, 0.05) is 32.1 Å². The molecular weight excluding hydrogens is 358 g/mol. The predicted octanol–water partition coefficient (Wildman–Crippen LogP) is 1.35. The monoisotopic (exact) mass is 387 g/mol. The van der Waals surface area contributed by atoms with E-state index in [0.29, 0.717) is 25.9 Å². The number of carbonyl (C=O) groups is 3. The fraction of sp³-hybridized carbons (Fsp3) is 0.571. The van der Waals surface area contributed by atoms with Gasteiger partial charge in [-0.2, -0.15) is 0 Å². The molecule has 7 nitrogen and oxygen atoms in total. The van der Waals surface area contributed by atoms with Crippen LogP contribution in [0, 0.1) is 5.92 Å². The zero-order valence-corrected chi connectivity index (χ0v) is 16.8. The van der Waals surface area contributed by atoms with E-state index in [1.807, 2.05) is 44.2 Å². The summed E-state index contributed by atoms with van der Waals surface area (Å²) in [5, 5.41) is 2.95. The number of nitrogens with one attached hydrogen (secondary N) is 1. The zero-order valence-electron chi connectivity index (χ0n) is 16.8. The minimum Gasteiger partial charge on any atom is -0.356 e. The number of hydrogen-bond donors (Lipinski definition) is 1. The quantitative estimate of drug-likeness (QED) is 0.846. The highest BCUT2D eigenvalue weighted by Gasteiger charge is 2.42. The van der Waals surface area contributed by atoms with Gasteiger partial charge in [0.1, 0.15) is 6.61 Å².